The fourth-order valence-electron chi connectivity index (χ4n) is 3.73. The minimum absolute atomic E-state index is 0.295. The highest BCUT2D eigenvalue weighted by molar-refractivity contribution is 5.99. The molecule has 2 amide bonds. The van der Waals surface area contributed by atoms with Crippen LogP contribution in [0.1, 0.15) is 62.3 Å². The Balaban J connectivity index is 0.000000240. The summed E-state index contributed by atoms with van der Waals surface area (Å²) in [7, 11) is 5.85. The predicted octanol–water partition coefficient (Wildman–Crippen LogP) is 4.91. The highest BCUT2D eigenvalue weighted by Crippen LogP contribution is 2.20. The maximum Gasteiger partial charge on any atom is 0.420 e. The third-order valence-electron chi connectivity index (χ3n) is 5.89. The van der Waals surface area contributed by atoms with E-state index in [1.165, 1.54) is 50.1 Å². The van der Waals surface area contributed by atoms with Crippen molar-refractivity contribution in [2.45, 2.75) is 52.7 Å². The number of nitrogens with zero attached hydrogens (tertiary/aromatic N) is 6. The molecule has 0 saturated heterocycles. The third kappa shape index (κ3) is 8.17. The highest BCUT2D eigenvalue weighted by atomic mass is 16.7. The molecular weight excluding hydrogens is 572 g/mol. The van der Waals surface area contributed by atoms with Gasteiger partial charge in [0.25, 0.3) is 11.8 Å². The molecule has 4 rings (SSSR count). The van der Waals surface area contributed by atoms with Gasteiger partial charge >= 0.3 is 12.2 Å². The lowest BCUT2D eigenvalue weighted by Gasteiger charge is -2.19. The van der Waals surface area contributed by atoms with E-state index in [-0.39, 0.29) is 11.8 Å². The van der Waals surface area contributed by atoms with Crippen LogP contribution in [0.15, 0.2) is 49.1 Å². The fourth-order valence-corrected chi connectivity index (χ4v) is 3.73. The number of aromatic nitrogens is 4. The Morgan fingerprint density at radius 3 is 1.55 bits per heavy atom. The summed E-state index contributed by atoms with van der Waals surface area (Å²) in [5, 5.41) is 2.22. The number of hydrogen-bond acceptors (Lipinski definition) is 10. The van der Waals surface area contributed by atoms with E-state index in [0.717, 1.165) is 10.1 Å². The van der Waals surface area contributed by atoms with Crippen LogP contribution >= 0.6 is 0 Å². The standard InChI is InChI=1S/2C15H19N3O4/c1-15(2,3)22-14(20)18-9-16-11-8-10(6-7-12(11)18)13(19)17(4)21-5;1-15(2,3)22-14(20)18-9-16-11-7-6-10(8-12(11)18)13(19)17(4)21-5/h2*6-9H,1-5H3. The summed E-state index contributed by atoms with van der Waals surface area (Å²) in [5.41, 5.74) is 1.81. The molecule has 0 spiro atoms. The molecular formula is C30H38N6O8. The molecule has 0 atom stereocenters. The molecule has 0 saturated carbocycles. The molecule has 2 heterocycles. The number of fused-ring (bicyclic) bond motifs is 2. The van der Waals surface area contributed by atoms with Crippen LogP contribution in [-0.4, -0.2) is 92.7 Å². The number of benzene rings is 2. The molecule has 14 heteroatoms. The Kier molecular flexibility index (Phi) is 10.1. The van der Waals surface area contributed by atoms with E-state index >= 15 is 0 Å². The number of hydroxylamine groups is 4. The molecule has 0 N–H and O–H groups in total. The van der Waals surface area contributed by atoms with Crippen molar-refractivity contribution in [3.8, 4) is 0 Å². The average Bonchev–Trinajstić information content (AvgIpc) is 3.57. The van der Waals surface area contributed by atoms with E-state index in [2.05, 4.69) is 9.97 Å². The zero-order valence-electron chi connectivity index (χ0n) is 26.6. The van der Waals surface area contributed by atoms with Gasteiger partial charge in [-0.15, -0.1) is 0 Å². The molecule has 2 aromatic carbocycles. The Morgan fingerprint density at radius 1 is 0.636 bits per heavy atom. The quantitative estimate of drug-likeness (QED) is 0.292. The van der Waals surface area contributed by atoms with Gasteiger partial charge in [-0.1, -0.05) is 0 Å². The van der Waals surface area contributed by atoms with Crippen molar-refractivity contribution in [2.75, 3.05) is 28.3 Å². The number of carbonyl (C=O) groups is 4. The van der Waals surface area contributed by atoms with Crippen LogP contribution in [0.25, 0.3) is 22.1 Å². The molecule has 0 aliphatic carbocycles. The summed E-state index contributed by atoms with van der Waals surface area (Å²) in [6.07, 6.45) is 1.71. The van der Waals surface area contributed by atoms with Crippen LogP contribution in [0.3, 0.4) is 0 Å². The number of hydrogen-bond donors (Lipinski definition) is 0. The summed E-state index contributed by atoms with van der Waals surface area (Å²) in [6.45, 7) is 10.7. The van der Waals surface area contributed by atoms with Gasteiger partial charge in [0.05, 0.1) is 36.3 Å². The fraction of sp³-hybridized carbons (Fsp3) is 0.400. The molecule has 0 aliphatic rings. The minimum atomic E-state index is -0.614. The Bertz CT molecular complexity index is 1680. The molecule has 44 heavy (non-hydrogen) atoms. The highest BCUT2D eigenvalue weighted by Gasteiger charge is 2.22. The van der Waals surface area contributed by atoms with Gasteiger partial charge < -0.3 is 9.47 Å². The first kappa shape index (κ1) is 33.7. The van der Waals surface area contributed by atoms with Gasteiger partial charge in [0, 0.05) is 25.2 Å². The van der Waals surface area contributed by atoms with Gasteiger partial charge in [0.2, 0.25) is 0 Å². The van der Waals surface area contributed by atoms with E-state index in [4.69, 9.17) is 19.1 Å². The second-order valence-electron chi connectivity index (χ2n) is 11.6. The topological polar surface area (TPSA) is 147 Å². The van der Waals surface area contributed by atoms with E-state index in [1.807, 2.05) is 0 Å². The van der Waals surface area contributed by atoms with Crippen LogP contribution in [-0.2, 0) is 19.1 Å². The second kappa shape index (κ2) is 13.2. The summed E-state index contributed by atoms with van der Waals surface area (Å²) >= 11 is 0. The SMILES string of the molecule is CON(C)C(=O)c1ccc2c(c1)ncn2C(=O)OC(C)(C)C.CON(C)C(=O)c1ccc2ncn(C(=O)OC(C)(C)C)c2c1. The molecule has 0 bridgehead atoms. The normalized spacial score (nSPS) is 11.5. The van der Waals surface area contributed by atoms with Gasteiger partial charge in [0.15, 0.2) is 0 Å². The zero-order chi connectivity index (χ0) is 33.0. The summed E-state index contributed by atoms with van der Waals surface area (Å²) in [5.74, 6) is -0.613. The lowest BCUT2D eigenvalue weighted by atomic mass is 10.2. The first-order valence-electron chi connectivity index (χ1n) is 13.5. The van der Waals surface area contributed by atoms with E-state index in [1.54, 1.807) is 77.9 Å². The molecule has 0 aliphatic heterocycles. The number of imidazole rings is 2. The van der Waals surface area contributed by atoms with Gasteiger partial charge in [-0.05, 0) is 77.9 Å². The zero-order valence-corrected chi connectivity index (χ0v) is 26.6. The van der Waals surface area contributed by atoms with Crippen LogP contribution < -0.4 is 0 Å². The Labute approximate surface area is 255 Å². The van der Waals surface area contributed by atoms with Crippen molar-refractivity contribution in [3.05, 3.63) is 60.2 Å². The maximum absolute atomic E-state index is 12.2. The molecule has 236 valence electrons. The molecule has 0 unspecified atom stereocenters. The number of rotatable bonds is 4. The van der Waals surface area contributed by atoms with Crippen molar-refractivity contribution in [3.63, 3.8) is 0 Å². The first-order valence-corrected chi connectivity index (χ1v) is 13.5. The smallest absolute Gasteiger partial charge is 0.420 e. The number of amides is 2. The average molecular weight is 611 g/mol. The lowest BCUT2D eigenvalue weighted by molar-refractivity contribution is -0.0757. The molecule has 0 radical (unpaired) electrons. The Hall–Kier alpha value is -4.82. The van der Waals surface area contributed by atoms with Crippen LogP contribution in [0.5, 0.6) is 0 Å². The number of ether oxygens (including phenoxy) is 2. The monoisotopic (exact) mass is 610 g/mol. The molecule has 0 fully saturated rings. The third-order valence-corrected chi connectivity index (χ3v) is 5.89. The van der Waals surface area contributed by atoms with Crippen LogP contribution in [0.4, 0.5) is 9.59 Å². The minimum Gasteiger partial charge on any atom is -0.443 e. The molecule has 4 aromatic rings. The second-order valence-corrected chi connectivity index (χ2v) is 11.6. The Morgan fingerprint density at radius 2 is 1.07 bits per heavy atom. The van der Waals surface area contributed by atoms with Crippen LogP contribution in [0.2, 0.25) is 0 Å². The van der Waals surface area contributed by atoms with Gasteiger partial charge in [0.1, 0.15) is 23.9 Å². The van der Waals surface area contributed by atoms with E-state index in [9.17, 15) is 19.2 Å². The summed E-state index contributed by atoms with van der Waals surface area (Å²) < 4.78 is 13.2. The molecule has 2 aromatic heterocycles. The maximum atomic E-state index is 12.2. The lowest BCUT2D eigenvalue weighted by Crippen LogP contribution is -2.27. The van der Waals surface area contributed by atoms with E-state index in [0.29, 0.717) is 33.2 Å². The predicted molar refractivity (Wildman–Crippen MR) is 161 cm³/mol. The van der Waals surface area contributed by atoms with Crippen LogP contribution in [0, 0.1) is 0 Å². The first-order chi connectivity index (χ1) is 20.5. The van der Waals surface area contributed by atoms with E-state index < -0.39 is 23.4 Å². The number of carbonyl (C=O) groups excluding carboxylic acids is 4. The van der Waals surface area contributed by atoms with Crippen molar-refractivity contribution >= 4 is 46.1 Å². The largest absolute Gasteiger partial charge is 0.443 e. The van der Waals surface area contributed by atoms with Gasteiger partial charge in [-0.25, -0.2) is 38.8 Å². The summed E-state index contributed by atoms with van der Waals surface area (Å²) in [6, 6.07) is 9.77. The van der Waals surface area contributed by atoms with Crippen molar-refractivity contribution in [2.24, 2.45) is 0 Å². The summed E-state index contributed by atoms with van der Waals surface area (Å²) in [4.78, 5) is 66.5. The van der Waals surface area contributed by atoms with Crippen molar-refractivity contribution in [1.82, 2.24) is 29.2 Å². The van der Waals surface area contributed by atoms with Gasteiger partial charge in [-0.2, -0.15) is 0 Å². The van der Waals surface area contributed by atoms with Crippen molar-refractivity contribution in [1.29, 1.82) is 0 Å². The molecule has 14 nitrogen and oxygen atoms in total. The van der Waals surface area contributed by atoms with Gasteiger partial charge in [-0.3, -0.25) is 19.3 Å². The van der Waals surface area contributed by atoms with Crippen molar-refractivity contribution < 1.29 is 38.3 Å².